The molecule has 0 radical (unpaired) electrons. The maximum Gasteiger partial charge on any atom is 0.209 e. The fourth-order valence-electron chi connectivity index (χ4n) is 5.00. The van der Waals surface area contributed by atoms with Gasteiger partial charge in [-0.15, -0.1) is 0 Å². The Bertz CT molecular complexity index is 1330. The van der Waals surface area contributed by atoms with E-state index in [2.05, 4.69) is 121 Å². The maximum atomic E-state index is 3.50. The Morgan fingerprint density at radius 3 is 2.47 bits per heavy atom. The fourth-order valence-corrected chi connectivity index (χ4v) is 5.00. The standard InChI is InChI=1S/C27H27N3/c1-5-30-23-12-8-6-10-20(23)21-18-19(14-15-24(21)30)28-17-16-26-27(2,3)22-11-7-9-13-25(22)29(26)4/h6-18H,5H2,1-4H3/p+1. The van der Waals surface area contributed by atoms with Crippen LogP contribution in [0.2, 0.25) is 0 Å². The number of allylic oxidation sites excluding steroid dienone is 1. The molecule has 0 saturated carbocycles. The van der Waals surface area contributed by atoms with Crippen LogP contribution in [-0.2, 0) is 12.0 Å². The minimum absolute atomic E-state index is 0.0119. The van der Waals surface area contributed by atoms with E-state index in [1.54, 1.807) is 0 Å². The monoisotopic (exact) mass is 394 g/mol. The molecule has 5 rings (SSSR count). The van der Waals surface area contributed by atoms with Gasteiger partial charge in [0.15, 0.2) is 5.71 Å². The van der Waals surface area contributed by atoms with Crippen LogP contribution in [0.4, 0.5) is 11.4 Å². The van der Waals surface area contributed by atoms with Crippen molar-refractivity contribution in [1.29, 1.82) is 0 Å². The van der Waals surface area contributed by atoms with Crippen molar-refractivity contribution >= 4 is 38.9 Å². The highest BCUT2D eigenvalue weighted by Crippen LogP contribution is 2.39. The summed E-state index contributed by atoms with van der Waals surface area (Å²) < 4.78 is 4.68. The highest BCUT2D eigenvalue weighted by molar-refractivity contribution is 6.09. The van der Waals surface area contributed by atoms with Gasteiger partial charge in [-0.2, -0.15) is 4.58 Å². The van der Waals surface area contributed by atoms with Crippen molar-refractivity contribution in [1.82, 2.24) is 4.57 Å². The summed E-state index contributed by atoms with van der Waals surface area (Å²) in [5.41, 5.74) is 7.63. The van der Waals surface area contributed by atoms with Gasteiger partial charge in [-0.05, 0) is 45.0 Å². The molecule has 0 bridgehead atoms. The Balaban J connectivity index is 1.48. The number of rotatable bonds is 4. The number of hydrogen-bond donors (Lipinski definition) is 1. The molecule has 2 heterocycles. The summed E-state index contributed by atoms with van der Waals surface area (Å²) in [4.78, 5) is 0. The van der Waals surface area contributed by atoms with Crippen molar-refractivity contribution in [3.8, 4) is 0 Å². The molecule has 0 fully saturated rings. The molecule has 1 aliphatic rings. The summed E-state index contributed by atoms with van der Waals surface area (Å²) >= 11 is 0. The van der Waals surface area contributed by atoms with E-state index in [1.807, 2.05) is 0 Å². The van der Waals surface area contributed by atoms with Crippen molar-refractivity contribution in [2.45, 2.75) is 32.7 Å². The summed E-state index contributed by atoms with van der Waals surface area (Å²) in [7, 11) is 2.15. The van der Waals surface area contributed by atoms with Gasteiger partial charge in [-0.3, -0.25) is 0 Å². The van der Waals surface area contributed by atoms with Gasteiger partial charge in [0.05, 0.1) is 5.41 Å². The molecule has 1 aromatic heterocycles. The summed E-state index contributed by atoms with van der Waals surface area (Å²) in [5.74, 6) is 0. The summed E-state index contributed by atoms with van der Waals surface area (Å²) in [5, 5.41) is 6.11. The van der Waals surface area contributed by atoms with Crippen LogP contribution in [0, 0.1) is 0 Å². The zero-order chi connectivity index (χ0) is 20.9. The molecule has 1 N–H and O–H groups in total. The van der Waals surface area contributed by atoms with E-state index < -0.39 is 0 Å². The zero-order valence-corrected chi connectivity index (χ0v) is 18.1. The highest BCUT2D eigenvalue weighted by Gasteiger charge is 2.42. The van der Waals surface area contributed by atoms with Crippen LogP contribution < -0.4 is 5.32 Å². The number of para-hydroxylation sites is 2. The van der Waals surface area contributed by atoms with Gasteiger partial charge >= 0.3 is 0 Å². The molecular formula is C27H28N3+. The van der Waals surface area contributed by atoms with Gasteiger partial charge in [0, 0.05) is 57.9 Å². The molecule has 1 aliphatic heterocycles. The number of anilines is 1. The Kier molecular flexibility index (Phi) is 4.28. The van der Waals surface area contributed by atoms with E-state index in [4.69, 9.17) is 0 Å². The second-order valence-corrected chi connectivity index (χ2v) is 8.56. The smallest absolute Gasteiger partial charge is 0.209 e. The molecule has 3 nitrogen and oxygen atoms in total. The molecular weight excluding hydrogens is 366 g/mol. The van der Waals surface area contributed by atoms with Gasteiger partial charge in [-0.25, -0.2) is 0 Å². The summed E-state index contributed by atoms with van der Waals surface area (Å²) in [6, 6.07) is 24.0. The van der Waals surface area contributed by atoms with E-state index in [1.165, 1.54) is 38.8 Å². The van der Waals surface area contributed by atoms with E-state index in [0.717, 1.165) is 12.2 Å². The minimum Gasteiger partial charge on any atom is -0.361 e. The second kappa shape index (κ2) is 6.88. The van der Waals surface area contributed by atoms with Crippen molar-refractivity contribution in [3.05, 3.63) is 84.6 Å². The molecule has 0 atom stereocenters. The number of fused-ring (bicyclic) bond motifs is 4. The molecule has 0 amide bonds. The van der Waals surface area contributed by atoms with Gasteiger partial charge in [0.1, 0.15) is 7.05 Å². The van der Waals surface area contributed by atoms with Crippen molar-refractivity contribution in [2.75, 3.05) is 12.4 Å². The van der Waals surface area contributed by atoms with E-state index in [-0.39, 0.29) is 5.41 Å². The molecule has 0 unspecified atom stereocenters. The van der Waals surface area contributed by atoms with Crippen LogP contribution in [-0.4, -0.2) is 21.9 Å². The molecule has 3 aromatic carbocycles. The number of nitrogens with one attached hydrogen (secondary N) is 1. The van der Waals surface area contributed by atoms with Crippen molar-refractivity contribution in [2.24, 2.45) is 0 Å². The molecule has 30 heavy (non-hydrogen) atoms. The first kappa shape index (κ1) is 18.7. The SMILES string of the molecule is CCn1c2ccccc2c2cc(N/C=C/C3=[N+](C)c4ccccc4C3(C)C)ccc21. The Morgan fingerprint density at radius 2 is 1.67 bits per heavy atom. The third-order valence-electron chi connectivity index (χ3n) is 6.52. The third kappa shape index (κ3) is 2.69. The molecule has 0 saturated heterocycles. The first-order chi connectivity index (χ1) is 14.5. The summed E-state index contributed by atoms with van der Waals surface area (Å²) in [6.45, 7) is 7.76. The number of aryl methyl sites for hydroxylation is 1. The lowest BCUT2D eigenvalue weighted by Gasteiger charge is -2.15. The number of nitrogens with zero attached hydrogens (tertiary/aromatic N) is 2. The second-order valence-electron chi connectivity index (χ2n) is 8.56. The highest BCUT2D eigenvalue weighted by atomic mass is 15.0. The Hall–Kier alpha value is -3.33. The number of hydrogen-bond acceptors (Lipinski definition) is 1. The molecule has 150 valence electrons. The Labute approximate surface area is 178 Å². The quantitative estimate of drug-likeness (QED) is 0.395. The molecule has 0 spiro atoms. The van der Waals surface area contributed by atoms with Crippen LogP contribution in [0.15, 0.2) is 79.0 Å². The minimum atomic E-state index is -0.0119. The number of aromatic nitrogens is 1. The average molecular weight is 395 g/mol. The van der Waals surface area contributed by atoms with E-state index in [9.17, 15) is 0 Å². The topological polar surface area (TPSA) is 20.0 Å². The van der Waals surface area contributed by atoms with Crippen LogP contribution >= 0.6 is 0 Å². The lowest BCUT2D eigenvalue weighted by Crippen LogP contribution is -2.26. The molecule has 3 heteroatoms. The van der Waals surface area contributed by atoms with Gasteiger partial charge in [0.2, 0.25) is 5.69 Å². The largest absolute Gasteiger partial charge is 0.361 e. The first-order valence-electron chi connectivity index (χ1n) is 10.7. The normalized spacial score (nSPS) is 15.5. The van der Waals surface area contributed by atoms with Crippen molar-refractivity contribution in [3.63, 3.8) is 0 Å². The van der Waals surface area contributed by atoms with Gasteiger partial charge in [0.25, 0.3) is 0 Å². The zero-order valence-electron chi connectivity index (χ0n) is 18.1. The lowest BCUT2D eigenvalue weighted by molar-refractivity contribution is -0.401. The third-order valence-corrected chi connectivity index (χ3v) is 6.52. The molecule has 4 aromatic rings. The van der Waals surface area contributed by atoms with Crippen LogP contribution in [0.1, 0.15) is 26.3 Å². The maximum absolute atomic E-state index is 3.50. The van der Waals surface area contributed by atoms with Crippen LogP contribution in [0.3, 0.4) is 0 Å². The van der Waals surface area contributed by atoms with Gasteiger partial charge in [-0.1, -0.05) is 36.4 Å². The van der Waals surface area contributed by atoms with E-state index in [0.29, 0.717) is 0 Å². The lowest BCUT2D eigenvalue weighted by atomic mass is 9.81. The van der Waals surface area contributed by atoms with Crippen LogP contribution in [0.5, 0.6) is 0 Å². The van der Waals surface area contributed by atoms with E-state index >= 15 is 0 Å². The first-order valence-corrected chi connectivity index (χ1v) is 10.7. The van der Waals surface area contributed by atoms with Crippen LogP contribution in [0.25, 0.3) is 21.8 Å². The van der Waals surface area contributed by atoms with Gasteiger partial charge < -0.3 is 9.88 Å². The number of benzene rings is 3. The predicted octanol–water partition coefficient (Wildman–Crippen LogP) is 6.45. The Morgan fingerprint density at radius 1 is 0.933 bits per heavy atom. The van der Waals surface area contributed by atoms with Crippen molar-refractivity contribution < 1.29 is 4.58 Å². The molecule has 0 aliphatic carbocycles. The average Bonchev–Trinajstić information content (AvgIpc) is 3.18. The summed E-state index contributed by atoms with van der Waals surface area (Å²) in [6.07, 6.45) is 4.28. The fraction of sp³-hybridized carbons (Fsp3) is 0.222. The predicted molar refractivity (Wildman–Crippen MR) is 128 cm³/mol.